The molecule has 2 heterocycles. The van der Waals surface area contributed by atoms with Crippen LogP contribution in [0.4, 0.5) is 0 Å². The lowest BCUT2D eigenvalue weighted by Gasteiger charge is -2.17. The maximum atomic E-state index is 12.4. The van der Waals surface area contributed by atoms with E-state index >= 15 is 0 Å². The summed E-state index contributed by atoms with van der Waals surface area (Å²) >= 11 is 12.2. The smallest absolute Gasteiger partial charge is 0.363 e. The number of halogens is 2. The Morgan fingerprint density at radius 2 is 1.74 bits per heavy atom. The van der Waals surface area contributed by atoms with Gasteiger partial charge in [-0.2, -0.15) is 0 Å². The van der Waals surface area contributed by atoms with Crippen molar-refractivity contribution in [2.24, 2.45) is 4.99 Å². The average Bonchev–Trinajstić information content (AvgIpc) is 3.12. The molecule has 0 radical (unpaired) electrons. The van der Waals surface area contributed by atoms with Gasteiger partial charge < -0.3 is 23.7 Å². The predicted molar refractivity (Wildman–Crippen MR) is 117 cm³/mol. The predicted octanol–water partition coefficient (Wildman–Crippen LogP) is 4.68. The molecule has 0 bridgehead atoms. The number of nitrogens with zero attached hydrogens (tertiary/aromatic N) is 1. The van der Waals surface area contributed by atoms with Gasteiger partial charge in [0.15, 0.2) is 17.2 Å². The number of carbonyl (C=O) groups is 1. The Balaban J connectivity index is 1.69. The second-order valence-electron chi connectivity index (χ2n) is 6.56. The minimum Gasteiger partial charge on any atom is -0.493 e. The first-order valence-corrected chi connectivity index (χ1v) is 9.84. The topological polar surface area (TPSA) is 75.6 Å². The van der Waals surface area contributed by atoms with E-state index < -0.39 is 5.97 Å². The van der Waals surface area contributed by atoms with Crippen molar-refractivity contribution < 1.29 is 28.5 Å². The molecule has 0 unspecified atom stereocenters. The third-order valence-corrected chi connectivity index (χ3v) is 5.11. The largest absolute Gasteiger partial charge is 0.493 e. The fourth-order valence-electron chi connectivity index (χ4n) is 3.23. The van der Waals surface area contributed by atoms with Gasteiger partial charge in [-0.05, 0) is 42.0 Å². The molecule has 0 N–H and O–H groups in total. The van der Waals surface area contributed by atoms with Gasteiger partial charge in [-0.15, -0.1) is 0 Å². The van der Waals surface area contributed by atoms with E-state index in [2.05, 4.69) is 4.99 Å². The molecule has 0 amide bonds. The number of esters is 1. The molecule has 0 aliphatic carbocycles. The first kappa shape index (κ1) is 21.1. The molecular weight excluding hydrogens is 445 g/mol. The number of methoxy groups -OCH3 is 3. The van der Waals surface area contributed by atoms with E-state index in [1.54, 1.807) is 30.3 Å². The molecule has 2 aliphatic heterocycles. The van der Waals surface area contributed by atoms with Crippen LogP contribution in [0.3, 0.4) is 0 Å². The minimum absolute atomic E-state index is 0.124. The molecule has 0 fully saturated rings. The summed E-state index contributed by atoms with van der Waals surface area (Å²) < 4.78 is 27.1. The molecule has 9 heteroatoms. The molecule has 0 aromatic heterocycles. The van der Waals surface area contributed by atoms with Crippen molar-refractivity contribution >= 4 is 41.1 Å². The SMILES string of the molecule is COc1cc(C2=N/C(=C\C3=Cc4cc(Cl)cc(Cl)c4OC3)C(=O)O2)cc(OC)c1OC. The molecule has 0 atom stereocenters. The number of aliphatic imine (C=N–C) groups is 1. The second-order valence-corrected chi connectivity index (χ2v) is 7.41. The van der Waals surface area contributed by atoms with Gasteiger partial charge in [-0.3, -0.25) is 0 Å². The Labute approximate surface area is 188 Å². The van der Waals surface area contributed by atoms with Crippen molar-refractivity contribution in [3.63, 3.8) is 0 Å². The van der Waals surface area contributed by atoms with Gasteiger partial charge >= 0.3 is 5.97 Å². The summed E-state index contributed by atoms with van der Waals surface area (Å²) in [6.45, 7) is 0.222. The molecule has 0 saturated carbocycles. The van der Waals surface area contributed by atoms with Gasteiger partial charge in [0, 0.05) is 16.1 Å². The number of hydrogen-bond donors (Lipinski definition) is 0. The van der Waals surface area contributed by atoms with E-state index in [0.29, 0.717) is 44.2 Å². The van der Waals surface area contributed by atoms with E-state index in [-0.39, 0.29) is 18.2 Å². The van der Waals surface area contributed by atoms with E-state index in [1.165, 1.54) is 21.3 Å². The van der Waals surface area contributed by atoms with Gasteiger partial charge in [0.25, 0.3) is 0 Å². The highest BCUT2D eigenvalue weighted by atomic mass is 35.5. The number of rotatable bonds is 5. The Morgan fingerprint density at radius 3 is 2.39 bits per heavy atom. The van der Waals surface area contributed by atoms with Crippen molar-refractivity contribution in [1.29, 1.82) is 0 Å². The highest BCUT2D eigenvalue weighted by Gasteiger charge is 2.27. The maximum Gasteiger partial charge on any atom is 0.363 e. The molecule has 160 valence electrons. The normalized spacial score (nSPS) is 16.2. The maximum absolute atomic E-state index is 12.4. The Kier molecular flexibility index (Phi) is 5.80. The van der Waals surface area contributed by atoms with Crippen LogP contribution in [0.1, 0.15) is 11.1 Å². The number of hydrogen-bond acceptors (Lipinski definition) is 7. The van der Waals surface area contributed by atoms with Crippen LogP contribution in [0.15, 0.2) is 46.6 Å². The van der Waals surface area contributed by atoms with Gasteiger partial charge in [0.2, 0.25) is 11.6 Å². The van der Waals surface area contributed by atoms with E-state index in [9.17, 15) is 4.79 Å². The van der Waals surface area contributed by atoms with E-state index in [1.807, 2.05) is 6.08 Å². The summed E-state index contributed by atoms with van der Waals surface area (Å²) in [4.78, 5) is 16.8. The summed E-state index contributed by atoms with van der Waals surface area (Å²) in [6.07, 6.45) is 3.44. The van der Waals surface area contributed by atoms with Crippen LogP contribution in [0.25, 0.3) is 6.08 Å². The van der Waals surface area contributed by atoms with Crippen LogP contribution in [0.2, 0.25) is 10.0 Å². The number of carbonyl (C=O) groups excluding carboxylic acids is 1. The van der Waals surface area contributed by atoms with Crippen LogP contribution < -0.4 is 18.9 Å². The Bertz CT molecular complexity index is 1140. The minimum atomic E-state index is -0.584. The lowest BCUT2D eigenvalue weighted by molar-refractivity contribution is -0.130. The van der Waals surface area contributed by atoms with Crippen LogP contribution in [0, 0.1) is 0 Å². The number of benzene rings is 2. The number of cyclic esters (lactones) is 1. The van der Waals surface area contributed by atoms with Crippen molar-refractivity contribution in [1.82, 2.24) is 0 Å². The zero-order valence-corrected chi connectivity index (χ0v) is 18.3. The van der Waals surface area contributed by atoms with Gasteiger partial charge in [0.05, 0.1) is 26.4 Å². The summed E-state index contributed by atoms with van der Waals surface area (Å²) in [5.41, 5.74) is 2.07. The average molecular weight is 462 g/mol. The van der Waals surface area contributed by atoms with Crippen molar-refractivity contribution in [3.05, 3.63) is 62.8 Å². The first-order chi connectivity index (χ1) is 14.9. The summed E-state index contributed by atoms with van der Waals surface area (Å²) in [6, 6.07) is 6.65. The molecule has 2 aliphatic rings. The highest BCUT2D eigenvalue weighted by Crippen LogP contribution is 2.39. The van der Waals surface area contributed by atoms with Crippen LogP contribution >= 0.6 is 23.2 Å². The van der Waals surface area contributed by atoms with Gasteiger partial charge in [0.1, 0.15) is 12.4 Å². The summed E-state index contributed by atoms with van der Waals surface area (Å²) in [5.74, 6) is 1.35. The molecule has 0 spiro atoms. The number of fused-ring (bicyclic) bond motifs is 1. The zero-order valence-electron chi connectivity index (χ0n) is 16.8. The molecule has 4 rings (SSSR count). The quantitative estimate of drug-likeness (QED) is 0.475. The van der Waals surface area contributed by atoms with E-state index in [4.69, 9.17) is 46.9 Å². The zero-order chi connectivity index (χ0) is 22.1. The molecular formula is C22H17Cl2NO6. The van der Waals surface area contributed by atoms with Crippen molar-refractivity contribution in [2.45, 2.75) is 0 Å². The number of ether oxygens (including phenoxy) is 5. The third-order valence-electron chi connectivity index (χ3n) is 4.62. The molecule has 2 aromatic carbocycles. The van der Waals surface area contributed by atoms with Crippen LogP contribution in [-0.4, -0.2) is 39.8 Å². The molecule has 31 heavy (non-hydrogen) atoms. The molecule has 0 saturated heterocycles. The van der Waals surface area contributed by atoms with E-state index in [0.717, 1.165) is 5.56 Å². The Hall–Kier alpha value is -3.16. The Morgan fingerprint density at radius 1 is 1.03 bits per heavy atom. The van der Waals surface area contributed by atoms with Crippen LogP contribution in [0.5, 0.6) is 23.0 Å². The van der Waals surface area contributed by atoms with Crippen LogP contribution in [-0.2, 0) is 9.53 Å². The first-order valence-electron chi connectivity index (χ1n) is 9.09. The van der Waals surface area contributed by atoms with Crippen molar-refractivity contribution in [2.75, 3.05) is 27.9 Å². The summed E-state index contributed by atoms with van der Waals surface area (Å²) in [7, 11) is 4.51. The van der Waals surface area contributed by atoms with Gasteiger partial charge in [-0.25, -0.2) is 9.79 Å². The lowest BCUT2D eigenvalue weighted by atomic mass is 10.1. The second kappa shape index (κ2) is 8.53. The fraction of sp³-hybridized carbons (Fsp3) is 0.182. The fourth-order valence-corrected chi connectivity index (χ4v) is 3.80. The van der Waals surface area contributed by atoms with Crippen molar-refractivity contribution in [3.8, 4) is 23.0 Å². The highest BCUT2D eigenvalue weighted by molar-refractivity contribution is 6.36. The summed E-state index contributed by atoms with van der Waals surface area (Å²) in [5, 5.41) is 0.911. The monoisotopic (exact) mass is 461 g/mol. The molecule has 2 aromatic rings. The molecule has 7 nitrogen and oxygen atoms in total. The standard InChI is InChI=1S/C22H17Cl2NO6/c1-27-17-7-13(8-18(28-2)20(17)29-3)21-25-16(22(26)31-21)5-11-4-12-6-14(23)9-15(24)19(12)30-10-11/h4-9H,10H2,1-3H3/b16-5-. The third kappa shape index (κ3) is 4.06. The van der Waals surface area contributed by atoms with Gasteiger partial charge in [-0.1, -0.05) is 23.2 Å². The lowest BCUT2D eigenvalue weighted by Crippen LogP contribution is -2.08.